The van der Waals surface area contributed by atoms with Crippen molar-refractivity contribution in [3.05, 3.63) is 42.0 Å². The normalized spacial score (nSPS) is 13.3. The van der Waals surface area contributed by atoms with Crippen LogP contribution in [0.25, 0.3) is 16.7 Å². The number of rotatable bonds is 4. The van der Waals surface area contributed by atoms with Crippen molar-refractivity contribution in [3.63, 3.8) is 0 Å². The zero-order valence-corrected chi connectivity index (χ0v) is 14.0. The van der Waals surface area contributed by atoms with Crippen molar-refractivity contribution < 1.29 is 18.1 Å². The number of fused-ring (bicyclic) bond motifs is 1. The average molecular weight is 347 g/mol. The second-order valence-corrected chi connectivity index (χ2v) is 7.03. The van der Waals surface area contributed by atoms with Crippen LogP contribution in [-0.4, -0.2) is 33.1 Å². The molecule has 0 amide bonds. The molecule has 24 heavy (non-hydrogen) atoms. The molecule has 0 aliphatic rings. The summed E-state index contributed by atoms with van der Waals surface area (Å²) in [5.74, 6) is -0.127. The molecule has 2 N–H and O–H groups in total. The summed E-state index contributed by atoms with van der Waals surface area (Å²) < 4.78 is 33.2. The van der Waals surface area contributed by atoms with E-state index in [1.54, 1.807) is 24.3 Å². The van der Waals surface area contributed by atoms with E-state index in [1.807, 2.05) is 13.8 Å². The van der Waals surface area contributed by atoms with Crippen molar-refractivity contribution >= 4 is 21.2 Å². The molecular formula is C16H17N3O4S. The van der Waals surface area contributed by atoms with Gasteiger partial charge >= 0.3 is 0 Å². The molecule has 1 atom stereocenters. The lowest BCUT2D eigenvalue weighted by atomic mass is 9.97. The first-order chi connectivity index (χ1) is 11.3. The summed E-state index contributed by atoms with van der Waals surface area (Å²) in [6.07, 6.45) is 0.710. The Bertz CT molecular complexity index is 978. The van der Waals surface area contributed by atoms with Crippen LogP contribution in [-0.2, 0) is 10.1 Å². The maximum absolute atomic E-state index is 11.8. The molecule has 0 spiro atoms. The summed E-state index contributed by atoms with van der Waals surface area (Å²) in [6.45, 7) is 3.79. The highest BCUT2D eigenvalue weighted by Crippen LogP contribution is 2.34. The summed E-state index contributed by atoms with van der Waals surface area (Å²) in [5, 5.41) is 18.7. The maximum Gasteiger partial charge on any atom is 0.296 e. The summed E-state index contributed by atoms with van der Waals surface area (Å²) in [7, 11) is -4.51. The van der Waals surface area contributed by atoms with E-state index < -0.39 is 10.1 Å². The summed E-state index contributed by atoms with van der Waals surface area (Å²) in [6, 6.07) is 9.59. The Morgan fingerprint density at radius 1 is 1.17 bits per heavy atom. The molecule has 0 radical (unpaired) electrons. The molecular weight excluding hydrogens is 330 g/mol. The van der Waals surface area contributed by atoms with E-state index in [0.717, 1.165) is 4.80 Å². The van der Waals surface area contributed by atoms with Crippen LogP contribution < -0.4 is 0 Å². The zero-order chi connectivity index (χ0) is 17.5. The number of phenols is 1. The highest BCUT2D eigenvalue weighted by atomic mass is 32.2. The van der Waals surface area contributed by atoms with Gasteiger partial charge in [-0.2, -0.15) is 8.42 Å². The van der Waals surface area contributed by atoms with Crippen LogP contribution >= 0.6 is 0 Å². The molecule has 1 unspecified atom stereocenters. The first-order valence-corrected chi connectivity index (χ1v) is 8.92. The Balaban J connectivity index is 2.28. The number of benzene rings is 2. The van der Waals surface area contributed by atoms with Crippen LogP contribution in [0.5, 0.6) is 5.75 Å². The molecule has 1 aromatic heterocycles. The molecule has 0 aliphatic carbocycles. The van der Waals surface area contributed by atoms with Gasteiger partial charge in [0.2, 0.25) is 0 Å². The van der Waals surface area contributed by atoms with E-state index in [2.05, 4.69) is 10.2 Å². The number of aromatic hydroxyl groups is 1. The monoisotopic (exact) mass is 347 g/mol. The number of phenolic OH excluding ortho intramolecular Hbond substituents is 1. The van der Waals surface area contributed by atoms with Crippen molar-refractivity contribution in [1.82, 2.24) is 15.0 Å². The van der Waals surface area contributed by atoms with Gasteiger partial charge in [0, 0.05) is 6.07 Å². The van der Waals surface area contributed by atoms with Gasteiger partial charge in [-0.1, -0.05) is 26.0 Å². The van der Waals surface area contributed by atoms with Crippen molar-refractivity contribution in [2.24, 2.45) is 0 Å². The lowest BCUT2D eigenvalue weighted by molar-refractivity contribution is 0.458. The Morgan fingerprint density at radius 2 is 1.75 bits per heavy atom. The largest absolute Gasteiger partial charge is 0.508 e. The van der Waals surface area contributed by atoms with E-state index in [4.69, 9.17) is 0 Å². The molecule has 2 aromatic carbocycles. The van der Waals surface area contributed by atoms with Gasteiger partial charge < -0.3 is 5.11 Å². The first-order valence-electron chi connectivity index (χ1n) is 7.48. The molecule has 0 saturated carbocycles. The molecule has 0 bridgehead atoms. The fourth-order valence-corrected chi connectivity index (χ4v) is 3.20. The lowest BCUT2D eigenvalue weighted by Gasteiger charge is -2.15. The fraction of sp³-hybridized carbons (Fsp3) is 0.250. The van der Waals surface area contributed by atoms with Crippen molar-refractivity contribution in [2.75, 3.05) is 0 Å². The third-order valence-corrected chi connectivity index (χ3v) is 4.91. The summed E-state index contributed by atoms with van der Waals surface area (Å²) >= 11 is 0. The standard InChI is InChI=1S/C16H17N3O4S/c1-3-10(2)11-8-16(24(21,22)23)14(9-15(11)20)19-17-12-6-4-5-7-13(12)18-19/h4-10,20H,3H2,1-2H3,(H,21,22,23). The highest BCUT2D eigenvalue weighted by Gasteiger charge is 2.23. The number of hydrogen-bond acceptors (Lipinski definition) is 5. The van der Waals surface area contributed by atoms with Crippen LogP contribution in [0.3, 0.4) is 0 Å². The molecule has 0 fully saturated rings. The summed E-state index contributed by atoms with van der Waals surface area (Å²) in [5.41, 5.74) is 1.59. The van der Waals surface area contributed by atoms with Crippen LogP contribution in [0.15, 0.2) is 41.3 Å². The van der Waals surface area contributed by atoms with Gasteiger partial charge in [-0.3, -0.25) is 4.55 Å². The predicted molar refractivity (Wildman–Crippen MR) is 89.1 cm³/mol. The fourth-order valence-electron chi connectivity index (χ4n) is 2.52. The predicted octanol–water partition coefficient (Wildman–Crippen LogP) is 2.89. The molecule has 3 rings (SSSR count). The van der Waals surface area contributed by atoms with Crippen LogP contribution in [0.4, 0.5) is 0 Å². The minimum absolute atomic E-state index is 0.00162. The van der Waals surface area contributed by atoms with Gasteiger partial charge in [0.25, 0.3) is 10.1 Å². The van der Waals surface area contributed by atoms with E-state index in [9.17, 15) is 18.1 Å². The average Bonchev–Trinajstić information content (AvgIpc) is 2.96. The number of nitrogens with zero attached hydrogens (tertiary/aromatic N) is 3. The van der Waals surface area contributed by atoms with Gasteiger partial charge in [-0.15, -0.1) is 15.0 Å². The van der Waals surface area contributed by atoms with Gasteiger partial charge in [-0.25, -0.2) is 0 Å². The van der Waals surface area contributed by atoms with E-state index in [1.165, 1.54) is 12.1 Å². The molecule has 8 heteroatoms. The second-order valence-electron chi connectivity index (χ2n) is 5.64. The minimum Gasteiger partial charge on any atom is -0.508 e. The Morgan fingerprint density at radius 3 is 2.25 bits per heavy atom. The number of aromatic nitrogens is 3. The van der Waals surface area contributed by atoms with E-state index in [0.29, 0.717) is 23.0 Å². The highest BCUT2D eigenvalue weighted by molar-refractivity contribution is 7.86. The van der Waals surface area contributed by atoms with Crippen LogP contribution in [0.2, 0.25) is 0 Å². The Labute approximate surface area is 139 Å². The first kappa shape index (κ1) is 16.4. The van der Waals surface area contributed by atoms with Crippen LogP contribution in [0, 0.1) is 0 Å². The SMILES string of the molecule is CCC(C)c1cc(S(=O)(=O)O)c(-n2nc3ccccc3n2)cc1O. The molecule has 0 saturated heterocycles. The molecule has 3 aromatic rings. The van der Waals surface area contributed by atoms with Crippen molar-refractivity contribution in [1.29, 1.82) is 0 Å². The number of hydrogen-bond donors (Lipinski definition) is 2. The van der Waals surface area contributed by atoms with Gasteiger partial charge in [-0.05, 0) is 36.1 Å². The van der Waals surface area contributed by atoms with Gasteiger partial charge in [0.15, 0.2) is 0 Å². The maximum atomic E-state index is 11.8. The van der Waals surface area contributed by atoms with Gasteiger partial charge in [0.05, 0.1) is 0 Å². The third-order valence-electron chi connectivity index (χ3n) is 4.03. The van der Waals surface area contributed by atoms with Crippen molar-refractivity contribution in [3.8, 4) is 11.4 Å². The quantitative estimate of drug-likeness (QED) is 0.703. The van der Waals surface area contributed by atoms with Crippen molar-refractivity contribution in [2.45, 2.75) is 31.1 Å². The Hall–Kier alpha value is -2.45. The smallest absolute Gasteiger partial charge is 0.296 e. The Kier molecular flexibility index (Phi) is 4.02. The van der Waals surface area contributed by atoms with E-state index >= 15 is 0 Å². The molecule has 7 nitrogen and oxygen atoms in total. The summed E-state index contributed by atoms with van der Waals surface area (Å²) in [4.78, 5) is 0.768. The second kappa shape index (κ2) is 5.88. The van der Waals surface area contributed by atoms with Gasteiger partial charge in [0.1, 0.15) is 27.4 Å². The molecule has 126 valence electrons. The van der Waals surface area contributed by atoms with E-state index in [-0.39, 0.29) is 22.3 Å². The topological polar surface area (TPSA) is 105 Å². The molecule has 1 heterocycles. The molecule has 0 aliphatic heterocycles. The zero-order valence-electron chi connectivity index (χ0n) is 13.2. The third kappa shape index (κ3) is 2.85. The minimum atomic E-state index is -4.51. The van der Waals surface area contributed by atoms with Crippen LogP contribution in [0.1, 0.15) is 31.7 Å². The lowest BCUT2D eigenvalue weighted by Crippen LogP contribution is -2.10.